The van der Waals surface area contributed by atoms with Crippen molar-refractivity contribution in [1.82, 2.24) is 9.55 Å². The van der Waals surface area contributed by atoms with E-state index in [4.69, 9.17) is 9.84 Å². The van der Waals surface area contributed by atoms with Crippen LogP contribution in [0.5, 0.6) is 0 Å². The molecule has 2 aromatic heterocycles. The fourth-order valence-corrected chi connectivity index (χ4v) is 3.83. The summed E-state index contributed by atoms with van der Waals surface area (Å²) in [5.74, 6) is 0. The van der Waals surface area contributed by atoms with Gasteiger partial charge in [0.05, 0.1) is 6.33 Å². The van der Waals surface area contributed by atoms with E-state index in [1.54, 1.807) is 17.5 Å². The monoisotopic (exact) mass is 292 g/mol. The van der Waals surface area contributed by atoms with Gasteiger partial charge in [0.2, 0.25) is 0 Å². The largest absolute Gasteiger partial charge is 0.506 e. The number of hydrogen-bond donors (Lipinski definition) is 1. The Hall–Kier alpha value is -1.82. The van der Waals surface area contributed by atoms with Crippen LogP contribution in [-0.4, -0.2) is 26.9 Å². The van der Waals surface area contributed by atoms with Crippen molar-refractivity contribution >= 4 is 17.5 Å². The van der Waals surface area contributed by atoms with Gasteiger partial charge in [-0.3, -0.25) is 0 Å². The van der Waals surface area contributed by atoms with Gasteiger partial charge < -0.3 is 14.4 Å². The van der Waals surface area contributed by atoms with Gasteiger partial charge >= 0.3 is 6.16 Å². The molecule has 6 heteroatoms. The highest BCUT2D eigenvalue weighted by molar-refractivity contribution is 7.12. The minimum Gasteiger partial charge on any atom is -0.450 e. The van der Waals surface area contributed by atoms with E-state index in [-0.39, 0.29) is 6.10 Å². The predicted octanol–water partition coefficient (Wildman–Crippen LogP) is 2.74. The number of imidazole rings is 1. The van der Waals surface area contributed by atoms with Gasteiger partial charge in [0.1, 0.15) is 6.10 Å². The predicted molar refractivity (Wildman–Crippen MR) is 75.2 cm³/mol. The molecule has 0 fully saturated rings. The maximum atomic E-state index is 10.6. The maximum absolute atomic E-state index is 10.6. The van der Waals surface area contributed by atoms with Gasteiger partial charge in [0.15, 0.2) is 0 Å². The van der Waals surface area contributed by atoms with Gasteiger partial charge in [-0.05, 0) is 30.9 Å². The number of aryl methyl sites for hydroxylation is 3. The normalized spacial score (nSPS) is 17.7. The van der Waals surface area contributed by atoms with Crippen LogP contribution >= 0.6 is 11.3 Å². The lowest BCUT2D eigenvalue weighted by atomic mass is 9.96. The van der Waals surface area contributed by atoms with Crippen LogP contribution in [0.1, 0.15) is 21.7 Å². The minimum atomic E-state index is -1.17. The van der Waals surface area contributed by atoms with Crippen molar-refractivity contribution in [1.29, 1.82) is 0 Å². The Morgan fingerprint density at radius 2 is 2.50 bits per heavy atom. The van der Waals surface area contributed by atoms with Crippen LogP contribution in [0.3, 0.4) is 0 Å². The first-order chi connectivity index (χ1) is 9.70. The molecule has 0 amide bonds. The summed E-state index contributed by atoms with van der Waals surface area (Å²) in [6, 6.07) is 2.26. The van der Waals surface area contributed by atoms with Gasteiger partial charge in [-0.15, -0.1) is 11.3 Å². The molecule has 0 bridgehead atoms. The molecule has 1 unspecified atom stereocenters. The maximum Gasteiger partial charge on any atom is 0.506 e. The summed E-state index contributed by atoms with van der Waals surface area (Å²) in [5.41, 5.74) is 1.36. The number of carboxylic acid groups (broad SMARTS) is 1. The Balaban J connectivity index is 1.62. The molecule has 0 aliphatic heterocycles. The second-order valence-electron chi connectivity index (χ2n) is 4.96. The van der Waals surface area contributed by atoms with Crippen LogP contribution in [0.2, 0.25) is 0 Å². The smallest absolute Gasteiger partial charge is 0.450 e. The SMILES string of the molecule is O=C(O)OC1CCc2cc(CCn3ccnc3)sc2C1. The van der Waals surface area contributed by atoms with E-state index >= 15 is 0 Å². The van der Waals surface area contributed by atoms with E-state index in [9.17, 15) is 4.79 Å². The molecule has 0 radical (unpaired) electrons. The van der Waals surface area contributed by atoms with Gasteiger partial charge in [-0.1, -0.05) is 0 Å². The molecule has 1 aliphatic rings. The molecule has 0 aromatic carbocycles. The van der Waals surface area contributed by atoms with Crippen LogP contribution in [0.15, 0.2) is 24.8 Å². The van der Waals surface area contributed by atoms with E-state index in [2.05, 4.69) is 15.6 Å². The molecule has 1 N–H and O–H groups in total. The van der Waals surface area contributed by atoms with Crippen molar-refractivity contribution in [3.63, 3.8) is 0 Å². The molecule has 5 nitrogen and oxygen atoms in total. The Bertz CT molecular complexity index is 592. The molecule has 3 rings (SSSR count). The number of carbonyl (C=O) groups is 1. The molecule has 1 atom stereocenters. The Kier molecular flexibility index (Phi) is 3.73. The summed E-state index contributed by atoms with van der Waals surface area (Å²) in [5, 5.41) is 8.68. The number of fused-ring (bicyclic) bond motifs is 1. The fourth-order valence-electron chi connectivity index (χ4n) is 2.56. The van der Waals surface area contributed by atoms with Crippen LogP contribution in [0.25, 0.3) is 0 Å². The van der Waals surface area contributed by atoms with Crippen LogP contribution in [0, 0.1) is 0 Å². The van der Waals surface area contributed by atoms with Crippen molar-refractivity contribution in [3.05, 3.63) is 40.1 Å². The summed E-state index contributed by atoms with van der Waals surface area (Å²) < 4.78 is 6.95. The van der Waals surface area contributed by atoms with Gasteiger partial charge in [-0.25, -0.2) is 9.78 Å². The van der Waals surface area contributed by atoms with Crippen molar-refractivity contribution in [2.45, 2.75) is 38.3 Å². The average Bonchev–Trinajstić information content (AvgIpc) is 3.04. The number of thiophene rings is 1. The van der Waals surface area contributed by atoms with E-state index in [0.29, 0.717) is 0 Å². The van der Waals surface area contributed by atoms with Gasteiger partial charge in [0.25, 0.3) is 0 Å². The molecule has 0 spiro atoms. The zero-order valence-corrected chi connectivity index (χ0v) is 11.8. The topological polar surface area (TPSA) is 64.3 Å². The van der Waals surface area contributed by atoms with Crippen molar-refractivity contribution < 1.29 is 14.6 Å². The van der Waals surface area contributed by atoms with Gasteiger partial charge in [0, 0.05) is 35.1 Å². The number of ether oxygens (including phenoxy) is 1. The van der Waals surface area contributed by atoms with E-state index in [1.165, 1.54) is 15.3 Å². The lowest BCUT2D eigenvalue weighted by Gasteiger charge is -2.20. The number of aromatic nitrogens is 2. The Labute approximate surface area is 120 Å². The Morgan fingerprint density at radius 3 is 3.25 bits per heavy atom. The number of nitrogens with zero attached hydrogens (tertiary/aromatic N) is 2. The highest BCUT2D eigenvalue weighted by Gasteiger charge is 2.23. The first-order valence-electron chi connectivity index (χ1n) is 6.66. The summed E-state index contributed by atoms with van der Waals surface area (Å²) in [7, 11) is 0. The summed E-state index contributed by atoms with van der Waals surface area (Å²) in [6.45, 7) is 0.925. The highest BCUT2D eigenvalue weighted by Crippen LogP contribution is 2.31. The zero-order valence-electron chi connectivity index (χ0n) is 11.0. The van der Waals surface area contributed by atoms with E-state index in [0.717, 1.165) is 32.2 Å². The third-order valence-electron chi connectivity index (χ3n) is 3.54. The lowest BCUT2D eigenvalue weighted by Crippen LogP contribution is -2.23. The second-order valence-corrected chi connectivity index (χ2v) is 6.18. The molecule has 0 saturated carbocycles. The lowest BCUT2D eigenvalue weighted by molar-refractivity contribution is 0.0466. The molecular formula is C14H16N2O3S. The molecule has 2 aromatic rings. The quantitative estimate of drug-likeness (QED) is 0.880. The Morgan fingerprint density at radius 1 is 1.60 bits per heavy atom. The number of hydrogen-bond acceptors (Lipinski definition) is 4. The van der Waals surface area contributed by atoms with E-state index < -0.39 is 6.16 Å². The van der Waals surface area contributed by atoms with Crippen molar-refractivity contribution in [2.75, 3.05) is 0 Å². The molecular weight excluding hydrogens is 276 g/mol. The summed E-state index contributed by atoms with van der Waals surface area (Å²) in [4.78, 5) is 17.2. The fraction of sp³-hybridized carbons (Fsp3) is 0.429. The first-order valence-corrected chi connectivity index (χ1v) is 7.48. The highest BCUT2D eigenvalue weighted by atomic mass is 32.1. The molecule has 20 heavy (non-hydrogen) atoms. The molecule has 106 valence electrons. The summed E-state index contributed by atoms with van der Waals surface area (Å²) >= 11 is 1.78. The first kappa shape index (κ1) is 13.2. The third kappa shape index (κ3) is 3.01. The summed E-state index contributed by atoms with van der Waals surface area (Å²) in [6.07, 6.45) is 7.62. The van der Waals surface area contributed by atoms with Crippen LogP contribution < -0.4 is 0 Å². The zero-order chi connectivity index (χ0) is 13.9. The third-order valence-corrected chi connectivity index (χ3v) is 4.80. The molecule has 2 heterocycles. The van der Waals surface area contributed by atoms with Crippen LogP contribution in [0.4, 0.5) is 4.79 Å². The minimum absolute atomic E-state index is 0.180. The van der Waals surface area contributed by atoms with Crippen molar-refractivity contribution in [3.8, 4) is 0 Å². The van der Waals surface area contributed by atoms with Crippen molar-refractivity contribution in [2.24, 2.45) is 0 Å². The second kappa shape index (κ2) is 5.66. The van der Waals surface area contributed by atoms with E-state index in [1.807, 2.05) is 12.5 Å². The molecule has 0 saturated heterocycles. The average molecular weight is 292 g/mol. The standard InChI is InChI=1S/C14H16N2O3S/c17-14(18)19-11-2-1-10-7-12(20-13(10)8-11)3-5-16-6-4-15-9-16/h4,6-7,9,11H,1-3,5,8H2,(H,17,18). The van der Waals surface area contributed by atoms with Crippen LogP contribution in [-0.2, 0) is 30.5 Å². The van der Waals surface area contributed by atoms with Gasteiger partial charge in [-0.2, -0.15) is 0 Å². The molecule has 1 aliphatic carbocycles. The number of rotatable bonds is 4.